The highest BCUT2D eigenvalue weighted by Crippen LogP contribution is 2.44. The molecule has 0 fully saturated rings. The predicted octanol–water partition coefficient (Wildman–Crippen LogP) is 11.2. The summed E-state index contributed by atoms with van der Waals surface area (Å²) in [4.78, 5) is 7.34. The van der Waals surface area contributed by atoms with Crippen LogP contribution in [0.15, 0.2) is 168 Å². The van der Waals surface area contributed by atoms with E-state index in [1.165, 1.54) is 10.9 Å². The van der Waals surface area contributed by atoms with Gasteiger partial charge in [0.1, 0.15) is 5.52 Å². The Hall–Kier alpha value is -6.13. The van der Waals surface area contributed by atoms with Gasteiger partial charge in [0.15, 0.2) is 5.58 Å². The van der Waals surface area contributed by atoms with Gasteiger partial charge in [-0.1, -0.05) is 115 Å². The van der Waals surface area contributed by atoms with E-state index in [2.05, 4.69) is 161 Å². The lowest BCUT2D eigenvalue weighted by Crippen LogP contribution is -2.10. The first-order chi connectivity index (χ1) is 22.3. The fraction of sp³-hybridized carbons (Fsp3) is 0. The van der Waals surface area contributed by atoms with E-state index in [-0.39, 0.29) is 0 Å². The molecule has 0 atom stereocenters. The molecule has 0 saturated heterocycles. The third-order valence-electron chi connectivity index (χ3n) is 8.63. The van der Waals surface area contributed by atoms with Crippen LogP contribution < -0.4 is 4.90 Å². The number of para-hydroxylation sites is 2. The Balaban J connectivity index is 1.32. The van der Waals surface area contributed by atoms with Gasteiger partial charge in [0.2, 0.25) is 0 Å². The second-order valence-electron chi connectivity index (χ2n) is 11.2. The fourth-order valence-corrected chi connectivity index (χ4v) is 6.57. The van der Waals surface area contributed by atoms with Crippen LogP contribution in [-0.4, -0.2) is 9.55 Å². The smallest absolute Gasteiger partial charge is 0.307 e. The van der Waals surface area contributed by atoms with Gasteiger partial charge in [0.25, 0.3) is 0 Å². The van der Waals surface area contributed by atoms with Crippen LogP contribution in [0.3, 0.4) is 0 Å². The minimum Gasteiger partial charge on any atom is -0.423 e. The zero-order valence-electron chi connectivity index (χ0n) is 24.3. The molecule has 0 aliphatic rings. The van der Waals surface area contributed by atoms with Crippen molar-refractivity contribution in [1.29, 1.82) is 0 Å². The number of fused-ring (bicyclic) bond motifs is 6. The van der Waals surface area contributed by atoms with Crippen molar-refractivity contribution < 1.29 is 4.42 Å². The molecule has 212 valence electrons. The van der Waals surface area contributed by atoms with Gasteiger partial charge in [-0.25, -0.2) is 0 Å². The lowest BCUT2D eigenvalue weighted by atomic mass is 10.0. The highest BCUT2D eigenvalue weighted by molar-refractivity contribution is 6.16. The van der Waals surface area contributed by atoms with E-state index < -0.39 is 0 Å². The van der Waals surface area contributed by atoms with E-state index in [1.54, 1.807) is 0 Å². The molecule has 0 radical (unpaired) electrons. The third kappa shape index (κ3) is 4.11. The lowest BCUT2D eigenvalue weighted by molar-refractivity contribution is 0.609. The molecular formula is C41H27N3O. The predicted molar refractivity (Wildman–Crippen MR) is 186 cm³/mol. The van der Waals surface area contributed by atoms with Crippen molar-refractivity contribution in [1.82, 2.24) is 9.55 Å². The SMILES string of the molecule is c1ccc(-c2ccc(N(c3nc4c(ccc5ccccc54)o3)c3cccc4c3c3ccccc3n4-c3ccccc3)cc2)cc1. The molecule has 0 N–H and O–H groups in total. The minimum absolute atomic E-state index is 0.526. The number of hydrogen-bond acceptors (Lipinski definition) is 3. The van der Waals surface area contributed by atoms with E-state index in [0.29, 0.717) is 6.01 Å². The molecule has 0 aliphatic heterocycles. The maximum absolute atomic E-state index is 6.62. The summed E-state index contributed by atoms with van der Waals surface area (Å²) in [6.07, 6.45) is 0. The second-order valence-corrected chi connectivity index (χ2v) is 11.2. The van der Waals surface area contributed by atoms with Crippen LogP contribution in [0.4, 0.5) is 17.4 Å². The fourth-order valence-electron chi connectivity index (χ4n) is 6.57. The average molecular weight is 578 g/mol. The highest BCUT2D eigenvalue weighted by atomic mass is 16.4. The first-order valence-electron chi connectivity index (χ1n) is 15.1. The molecule has 2 aromatic heterocycles. The maximum Gasteiger partial charge on any atom is 0.307 e. The molecule has 4 nitrogen and oxygen atoms in total. The third-order valence-corrected chi connectivity index (χ3v) is 8.63. The van der Waals surface area contributed by atoms with Gasteiger partial charge in [-0.2, -0.15) is 4.98 Å². The number of benzene rings is 7. The summed E-state index contributed by atoms with van der Waals surface area (Å²) in [6, 6.07) is 57.7. The Labute approximate surface area is 260 Å². The largest absolute Gasteiger partial charge is 0.423 e. The number of aromatic nitrogens is 2. The molecule has 0 saturated carbocycles. The van der Waals surface area contributed by atoms with Crippen LogP contribution in [0.5, 0.6) is 0 Å². The molecular weight excluding hydrogens is 550 g/mol. The van der Waals surface area contributed by atoms with Gasteiger partial charge >= 0.3 is 6.01 Å². The van der Waals surface area contributed by atoms with Crippen molar-refractivity contribution in [2.45, 2.75) is 0 Å². The van der Waals surface area contributed by atoms with E-state index in [0.717, 1.165) is 60.9 Å². The molecule has 45 heavy (non-hydrogen) atoms. The summed E-state index contributed by atoms with van der Waals surface area (Å²) in [5.41, 5.74) is 9.30. The number of anilines is 3. The number of oxazole rings is 1. The molecule has 0 amide bonds. The van der Waals surface area contributed by atoms with Crippen molar-refractivity contribution >= 4 is 61.1 Å². The van der Waals surface area contributed by atoms with E-state index in [1.807, 2.05) is 12.1 Å². The summed E-state index contributed by atoms with van der Waals surface area (Å²) in [7, 11) is 0. The van der Waals surface area contributed by atoms with Gasteiger partial charge in [0, 0.05) is 21.8 Å². The van der Waals surface area contributed by atoms with Crippen LogP contribution >= 0.6 is 0 Å². The molecule has 0 spiro atoms. The van der Waals surface area contributed by atoms with Crippen LogP contribution in [0.25, 0.3) is 60.5 Å². The quantitative estimate of drug-likeness (QED) is 0.204. The number of nitrogens with zero attached hydrogens (tertiary/aromatic N) is 3. The lowest BCUT2D eigenvalue weighted by Gasteiger charge is -2.22. The minimum atomic E-state index is 0.526. The molecule has 0 unspecified atom stereocenters. The Kier molecular flexibility index (Phi) is 5.78. The summed E-state index contributed by atoms with van der Waals surface area (Å²) < 4.78 is 8.96. The first-order valence-corrected chi connectivity index (χ1v) is 15.1. The van der Waals surface area contributed by atoms with Crippen molar-refractivity contribution in [2.24, 2.45) is 0 Å². The van der Waals surface area contributed by atoms with Crippen LogP contribution in [-0.2, 0) is 0 Å². The van der Waals surface area contributed by atoms with Crippen molar-refractivity contribution in [3.05, 3.63) is 164 Å². The van der Waals surface area contributed by atoms with E-state index in [4.69, 9.17) is 9.40 Å². The van der Waals surface area contributed by atoms with E-state index in [9.17, 15) is 0 Å². The molecule has 4 heteroatoms. The monoisotopic (exact) mass is 577 g/mol. The highest BCUT2D eigenvalue weighted by Gasteiger charge is 2.24. The Bertz CT molecular complexity index is 2480. The van der Waals surface area contributed by atoms with Crippen molar-refractivity contribution in [3.63, 3.8) is 0 Å². The molecule has 7 aromatic carbocycles. The Morgan fingerprint density at radius 2 is 1.18 bits per heavy atom. The van der Waals surface area contributed by atoms with Crippen LogP contribution in [0.1, 0.15) is 0 Å². The van der Waals surface area contributed by atoms with Gasteiger partial charge in [-0.3, -0.25) is 4.90 Å². The van der Waals surface area contributed by atoms with Gasteiger partial charge < -0.3 is 8.98 Å². The molecule has 0 bridgehead atoms. The van der Waals surface area contributed by atoms with Gasteiger partial charge in [0.05, 0.1) is 22.4 Å². The number of rotatable bonds is 5. The summed E-state index contributed by atoms with van der Waals surface area (Å²) in [5, 5.41) is 4.51. The first kappa shape index (κ1) is 25.4. The maximum atomic E-state index is 6.62. The summed E-state index contributed by atoms with van der Waals surface area (Å²) in [6.45, 7) is 0. The summed E-state index contributed by atoms with van der Waals surface area (Å²) in [5.74, 6) is 0. The van der Waals surface area contributed by atoms with Crippen molar-refractivity contribution in [2.75, 3.05) is 4.90 Å². The molecule has 9 rings (SSSR count). The van der Waals surface area contributed by atoms with Crippen LogP contribution in [0, 0.1) is 0 Å². The normalized spacial score (nSPS) is 11.6. The molecule has 9 aromatic rings. The average Bonchev–Trinajstić information content (AvgIpc) is 3.70. The molecule has 2 heterocycles. The Morgan fingerprint density at radius 3 is 2.00 bits per heavy atom. The van der Waals surface area contributed by atoms with Crippen LogP contribution in [0.2, 0.25) is 0 Å². The molecule has 0 aliphatic carbocycles. The summed E-state index contributed by atoms with van der Waals surface area (Å²) >= 11 is 0. The second kappa shape index (κ2) is 10.2. The van der Waals surface area contributed by atoms with Gasteiger partial charge in [-0.15, -0.1) is 0 Å². The van der Waals surface area contributed by atoms with Crippen molar-refractivity contribution in [3.8, 4) is 16.8 Å². The zero-order chi connectivity index (χ0) is 29.7. The Morgan fingerprint density at radius 1 is 0.511 bits per heavy atom. The topological polar surface area (TPSA) is 34.2 Å². The number of hydrogen-bond donors (Lipinski definition) is 0. The standard InChI is InChI=1S/C41H27N3O/c1-3-12-28(13-4-1)29-22-25-32(26-23-29)44(41-42-40-33-17-8-7-14-30(33)24-27-38(40)45-41)37-21-11-20-36-39(37)34-18-9-10-19-35(34)43(36)31-15-5-2-6-16-31/h1-27H. The van der Waals surface area contributed by atoms with Gasteiger partial charge in [-0.05, 0) is 65.0 Å². The van der Waals surface area contributed by atoms with E-state index >= 15 is 0 Å². The zero-order valence-corrected chi connectivity index (χ0v) is 24.3.